The molecule has 0 bridgehead atoms. The summed E-state index contributed by atoms with van der Waals surface area (Å²) < 4.78 is 13.7. The molecular weight excluding hydrogens is 421 g/mol. The zero-order valence-corrected chi connectivity index (χ0v) is 16.6. The van der Waals surface area contributed by atoms with E-state index in [0.29, 0.717) is 15.5 Å². The van der Waals surface area contributed by atoms with Gasteiger partial charge in [0.25, 0.3) is 5.91 Å². The minimum atomic E-state index is -0.504. The van der Waals surface area contributed by atoms with Crippen molar-refractivity contribution in [3.8, 4) is 0 Å². The summed E-state index contributed by atoms with van der Waals surface area (Å²) in [6, 6.07) is 13.0. The zero-order chi connectivity index (χ0) is 20.1. The molecule has 2 amide bonds. The predicted octanol–water partition coefficient (Wildman–Crippen LogP) is 4.04. The first-order valence-electron chi connectivity index (χ1n) is 7.96. The van der Waals surface area contributed by atoms with Crippen molar-refractivity contribution in [2.75, 3.05) is 0 Å². The maximum Gasteiger partial charge on any atom is 0.281 e. The summed E-state index contributed by atoms with van der Waals surface area (Å²) >= 11 is 12.5. The lowest BCUT2D eigenvalue weighted by atomic mass is 10.2. The second-order valence-electron chi connectivity index (χ2n) is 5.52. The number of hydrogen-bond acceptors (Lipinski definition) is 4. The maximum absolute atomic E-state index is 12.8. The molecule has 1 aromatic heterocycles. The molecule has 2 aromatic carbocycles. The van der Waals surface area contributed by atoms with Gasteiger partial charge in [-0.2, -0.15) is 0 Å². The van der Waals surface area contributed by atoms with Crippen LogP contribution in [-0.4, -0.2) is 16.9 Å². The summed E-state index contributed by atoms with van der Waals surface area (Å²) in [4.78, 5) is 24.5. The number of fused-ring (bicyclic) bond motifs is 1. The number of carbonyl (C=O) groups excluding carboxylic acids is 2. The fourth-order valence-corrected chi connectivity index (χ4v) is 3.82. The first kappa shape index (κ1) is 19.9. The smallest absolute Gasteiger partial charge is 0.281 e. The molecule has 3 rings (SSSR count). The van der Waals surface area contributed by atoms with E-state index in [1.54, 1.807) is 0 Å². The Bertz CT molecular complexity index is 1080. The van der Waals surface area contributed by atoms with Crippen LogP contribution in [0.1, 0.15) is 15.2 Å². The standard InChI is InChI=1S/C19H13ClFN3O2S2/c20-16-13-3-1-2-4-14(13)28-17(16)18(26)23-24-19(27)22-15(25)10-7-11-5-8-12(21)9-6-11/h1-10H,(H,23,26)(H2,22,24,25,27). The molecule has 0 fully saturated rings. The van der Waals surface area contributed by atoms with Gasteiger partial charge in [-0.1, -0.05) is 41.9 Å². The molecular formula is C19H13ClFN3O2S2. The van der Waals surface area contributed by atoms with E-state index in [4.69, 9.17) is 23.8 Å². The number of rotatable bonds is 3. The van der Waals surface area contributed by atoms with Crippen LogP contribution in [0.5, 0.6) is 0 Å². The van der Waals surface area contributed by atoms with Gasteiger partial charge < -0.3 is 0 Å². The van der Waals surface area contributed by atoms with E-state index in [1.165, 1.54) is 47.8 Å². The highest BCUT2D eigenvalue weighted by atomic mass is 35.5. The van der Waals surface area contributed by atoms with E-state index in [1.807, 2.05) is 24.3 Å². The number of carbonyl (C=O) groups is 2. The van der Waals surface area contributed by atoms with Gasteiger partial charge in [-0.25, -0.2) is 4.39 Å². The summed E-state index contributed by atoms with van der Waals surface area (Å²) in [5, 5.41) is 3.45. The molecule has 0 aliphatic carbocycles. The number of thiophene rings is 1. The lowest BCUT2D eigenvalue weighted by molar-refractivity contribution is -0.115. The van der Waals surface area contributed by atoms with Gasteiger partial charge in [-0.15, -0.1) is 11.3 Å². The van der Waals surface area contributed by atoms with Gasteiger partial charge in [-0.3, -0.25) is 25.8 Å². The predicted molar refractivity (Wildman–Crippen MR) is 114 cm³/mol. The number of hydrazine groups is 1. The van der Waals surface area contributed by atoms with Crippen LogP contribution in [0, 0.1) is 5.82 Å². The van der Waals surface area contributed by atoms with Crippen LogP contribution in [0.3, 0.4) is 0 Å². The molecule has 3 aromatic rings. The van der Waals surface area contributed by atoms with Crippen molar-refractivity contribution in [3.63, 3.8) is 0 Å². The van der Waals surface area contributed by atoms with Gasteiger partial charge in [0, 0.05) is 16.2 Å². The second-order valence-corrected chi connectivity index (χ2v) is 7.36. The highest BCUT2D eigenvalue weighted by molar-refractivity contribution is 7.80. The van der Waals surface area contributed by atoms with Crippen molar-refractivity contribution in [2.24, 2.45) is 0 Å². The number of nitrogens with one attached hydrogen (secondary N) is 3. The number of thiocarbonyl (C=S) groups is 1. The van der Waals surface area contributed by atoms with Crippen LogP contribution in [0.2, 0.25) is 5.02 Å². The molecule has 0 radical (unpaired) electrons. The van der Waals surface area contributed by atoms with E-state index < -0.39 is 11.8 Å². The van der Waals surface area contributed by atoms with E-state index in [9.17, 15) is 14.0 Å². The average molecular weight is 434 g/mol. The van der Waals surface area contributed by atoms with E-state index >= 15 is 0 Å². The van der Waals surface area contributed by atoms with Crippen LogP contribution in [0.4, 0.5) is 4.39 Å². The molecule has 1 heterocycles. The number of hydrogen-bond donors (Lipinski definition) is 3. The fourth-order valence-electron chi connectivity index (χ4n) is 2.26. The summed E-state index contributed by atoms with van der Waals surface area (Å²) in [6.45, 7) is 0. The third-order valence-corrected chi connectivity index (χ3v) is 5.44. The summed E-state index contributed by atoms with van der Waals surface area (Å²) in [6.07, 6.45) is 2.75. The number of halogens is 2. The minimum absolute atomic E-state index is 0.0839. The molecule has 142 valence electrons. The topological polar surface area (TPSA) is 70.2 Å². The molecule has 0 unspecified atom stereocenters. The maximum atomic E-state index is 12.8. The number of amides is 2. The van der Waals surface area contributed by atoms with Gasteiger partial charge in [0.1, 0.15) is 10.7 Å². The molecule has 0 saturated carbocycles. The van der Waals surface area contributed by atoms with E-state index in [0.717, 1.165) is 10.1 Å². The third kappa shape index (κ3) is 4.92. The summed E-state index contributed by atoms with van der Waals surface area (Å²) in [7, 11) is 0. The summed E-state index contributed by atoms with van der Waals surface area (Å²) in [5.74, 6) is -1.33. The van der Waals surface area contributed by atoms with Crippen LogP contribution >= 0.6 is 35.2 Å². The molecule has 3 N–H and O–H groups in total. The minimum Gasteiger partial charge on any atom is -0.298 e. The molecule has 0 spiro atoms. The molecule has 5 nitrogen and oxygen atoms in total. The van der Waals surface area contributed by atoms with Crippen LogP contribution in [0.25, 0.3) is 16.2 Å². The van der Waals surface area contributed by atoms with E-state index in [2.05, 4.69) is 16.2 Å². The van der Waals surface area contributed by atoms with Gasteiger partial charge in [-0.05, 0) is 42.1 Å². The Morgan fingerprint density at radius 1 is 1.07 bits per heavy atom. The molecule has 9 heteroatoms. The van der Waals surface area contributed by atoms with E-state index in [-0.39, 0.29) is 10.9 Å². The first-order valence-corrected chi connectivity index (χ1v) is 9.56. The van der Waals surface area contributed by atoms with Crippen molar-refractivity contribution in [1.29, 1.82) is 0 Å². The Hall–Kier alpha value is -2.81. The van der Waals surface area contributed by atoms with Gasteiger partial charge in [0.15, 0.2) is 5.11 Å². The molecule has 28 heavy (non-hydrogen) atoms. The van der Waals surface area contributed by atoms with Crippen LogP contribution < -0.4 is 16.2 Å². The second kappa shape index (κ2) is 8.92. The summed E-state index contributed by atoms with van der Waals surface area (Å²) in [5.41, 5.74) is 5.51. The third-order valence-electron chi connectivity index (χ3n) is 3.56. The monoisotopic (exact) mass is 433 g/mol. The fraction of sp³-hybridized carbons (Fsp3) is 0. The number of benzene rings is 2. The van der Waals surface area contributed by atoms with Crippen molar-refractivity contribution < 1.29 is 14.0 Å². The molecule has 0 aliphatic rings. The van der Waals surface area contributed by atoms with Gasteiger partial charge in [0.2, 0.25) is 5.91 Å². The Morgan fingerprint density at radius 3 is 2.50 bits per heavy atom. The quantitative estimate of drug-likeness (QED) is 0.331. The average Bonchev–Trinajstić information content (AvgIpc) is 3.03. The lowest BCUT2D eigenvalue weighted by Crippen LogP contribution is -2.48. The lowest BCUT2D eigenvalue weighted by Gasteiger charge is -2.09. The normalized spacial score (nSPS) is 10.8. The van der Waals surface area contributed by atoms with Crippen LogP contribution in [-0.2, 0) is 4.79 Å². The van der Waals surface area contributed by atoms with Crippen molar-refractivity contribution in [3.05, 3.63) is 75.9 Å². The largest absolute Gasteiger partial charge is 0.298 e. The molecule has 0 atom stereocenters. The van der Waals surface area contributed by atoms with Gasteiger partial charge >= 0.3 is 0 Å². The van der Waals surface area contributed by atoms with Crippen molar-refractivity contribution in [2.45, 2.75) is 0 Å². The zero-order valence-electron chi connectivity index (χ0n) is 14.2. The van der Waals surface area contributed by atoms with Gasteiger partial charge in [0.05, 0.1) is 5.02 Å². The highest BCUT2D eigenvalue weighted by Gasteiger charge is 2.17. The Kier molecular flexibility index (Phi) is 6.35. The SMILES string of the molecule is O=C(C=Cc1ccc(F)cc1)NC(=S)NNC(=O)c1sc2ccccc2c1Cl. The van der Waals surface area contributed by atoms with Crippen molar-refractivity contribution in [1.82, 2.24) is 16.2 Å². The molecule has 0 aliphatic heterocycles. The van der Waals surface area contributed by atoms with Crippen LogP contribution in [0.15, 0.2) is 54.6 Å². The first-order chi connectivity index (χ1) is 13.4. The Morgan fingerprint density at radius 2 is 1.79 bits per heavy atom. The highest BCUT2D eigenvalue weighted by Crippen LogP contribution is 2.34. The van der Waals surface area contributed by atoms with Crippen molar-refractivity contribution >= 4 is 68.2 Å². The Balaban J connectivity index is 1.53. The molecule has 0 saturated heterocycles. The Labute approximate surface area is 174 Å².